The van der Waals surface area contributed by atoms with Gasteiger partial charge in [0.15, 0.2) is 0 Å². The van der Waals surface area contributed by atoms with Crippen LogP contribution >= 0.6 is 11.6 Å². The van der Waals surface area contributed by atoms with Gasteiger partial charge in [-0.1, -0.05) is 11.6 Å². The van der Waals surface area contributed by atoms with Crippen LogP contribution in [0.4, 0.5) is 10.1 Å². The molecule has 1 fully saturated rings. The van der Waals surface area contributed by atoms with Crippen molar-refractivity contribution < 1.29 is 14.0 Å². The standard InChI is InChI=1S/C18H18ClFN4O2/c19-13-1-6-16(21-11-13)18(26)24-9-7-23(8-10-24)12-17(25)22-15-4-2-14(20)3-5-15/h1-6,11H,7-10,12H2,(H,22,25). The Labute approximate surface area is 155 Å². The van der Waals surface area contributed by atoms with Crippen LogP contribution in [-0.2, 0) is 4.79 Å². The van der Waals surface area contributed by atoms with E-state index in [-0.39, 0.29) is 24.2 Å². The molecule has 1 aliphatic heterocycles. The number of hydrogen-bond acceptors (Lipinski definition) is 4. The number of piperazine rings is 1. The van der Waals surface area contributed by atoms with E-state index in [0.29, 0.717) is 42.6 Å². The van der Waals surface area contributed by atoms with Gasteiger partial charge in [-0.05, 0) is 36.4 Å². The highest BCUT2D eigenvalue weighted by molar-refractivity contribution is 6.30. The number of rotatable bonds is 4. The zero-order valence-electron chi connectivity index (χ0n) is 14.0. The van der Waals surface area contributed by atoms with E-state index in [1.165, 1.54) is 30.5 Å². The number of halogens is 2. The topological polar surface area (TPSA) is 65.5 Å². The summed E-state index contributed by atoms with van der Waals surface area (Å²) in [6, 6.07) is 8.87. The largest absolute Gasteiger partial charge is 0.335 e. The molecule has 8 heteroatoms. The Hall–Kier alpha value is -2.51. The van der Waals surface area contributed by atoms with Crippen LogP contribution in [0.5, 0.6) is 0 Å². The van der Waals surface area contributed by atoms with Crippen molar-refractivity contribution in [1.82, 2.24) is 14.8 Å². The quantitative estimate of drug-likeness (QED) is 0.889. The van der Waals surface area contributed by atoms with Crippen molar-refractivity contribution in [3.63, 3.8) is 0 Å². The molecule has 2 heterocycles. The number of pyridine rings is 1. The Morgan fingerprint density at radius 2 is 1.77 bits per heavy atom. The van der Waals surface area contributed by atoms with Crippen molar-refractivity contribution in [2.45, 2.75) is 0 Å². The summed E-state index contributed by atoms with van der Waals surface area (Å²) in [6.07, 6.45) is 1.45. The molecule has 2 amide bonds. The molecule has 1 saturated heterocycles. The lowest BCUT2D eigenvalue weighted by Crippen LogP contribution is -2.50. The van der Waals surface area contributed by atoms with E-state index in [1.54, 1.807) is 17.0 Å². The van der Waals surface area contributed by atoms with Crippen LogP contribution in [-0.4, -0.2) is 59.3 Å². The highest BCUT2D eigenvalue weighted by Crippen LogP contribution is 2.11. The Bertz CT molecular complexity index is 775. The number of nitrogens with zero attached hydrogens (tertiary/aromatic N) is 3. The van der Waals surface area contributed by atoms with Gasteiger partial charge in [-0.15, -0.1) is 0 Å². The molecule has 3 rings (SSSR count). The maximum Gasteiger partial charge on any atom is 0.272 e. The fourth-order valence-corrected chi connectivity index (χ4v) is 2.82. The van der Waals surface area contributed by atoms with Crippen molar-refractivity contribution in [2.24, 2.45) is 0 Å². The van der Waals surface area contributed by atoms with E-state index >= 15 is 0 Å². The third-order valence-corrected chi connectivity index (χ3v) is 4.32. The second-order valence-electron chi connectivity index (χ2n) is 5.99. The van der Waals surface area contributed by atoms with Crippen molar-refractivity contribution >= 4 is 29.1 Å². The molecule has 0 aliphatic carbocycles. The zero-order valence-corrected chi connectivity index (χ0v) is 14.7. The lowest BCUT2D eigenvalue weighted by atomic mass is 10.2. The predicted octanol–water partition coefficient (Wildman–Crippen LogP) is 2.27. The molecule has 0 bridgehead atoms. The summed E-state index contributed by atoms with van der Waals surface area (Å²) in [7, 11) is 0. The van der Waals surface area contributed by atoms with E-state index in [2.05, 4.69) is 10.3 Å². The van der Waals surface area contributed by atoms with Crippen molar-refractivity contribution in [1.29, 1.82) is 0 Å². The summed E-state index contributed by atoms with van der Waals surface area (Å²) >= 11 is 5.78. The fraction of sp³-hybridized carbons (Fsp3) is 0.278. The number of carbonyl (C=O) groups is 2. The van der Waals surface area contributed by atoms with Crippen LogP contribution < -0.4 is 5.32 Å². The molecule has 1 aromatic heterocycles. The Balaban J connectivity index is 1.47. The lowest BCUT2D eigenvalue weighted by Gasteiger charge is -2.34. The Morgan fingerprint density at radius 1 is 1.08 bits per heavy atom. The third-order valence-electron chi connectivity index (χ3n) is 4.10. The van der Waals surface area contributed by atoms with Crippen LogP contribution in [0.25, 0.3) is 0 Å². The number of anilines is 1. The number of benzene rings is 1. The summed E-state index contributed by atoms with van der Waals surface area (Å²) in [5.74, 6) is -0.660. The molecule has 1 aliphatic rings. The molecule has 26 heavy (non-hydrogen) atoms. The van der Waals surface area contributed by atoms with Gasteiger partial charge in [0, 0.05) is 38.1 Å². The Kier molecular flexibility index (Phi) is 5.80. The van der Waals surface area contributed by atoms with Gasteiger partial charge >= 0.3 is 0 Å². The van der Waals surface area contributed by atoms with Crippen LogP contribution in [0.15, 0.2) is 42.6 Å². The summed E-state index contributed by atoms with van der Waals surface area (Å²) < 4.78 is 12.9. The SMILES string of the molecule is O=C(CN1CCN(C(=O)c2ccc(Cl)cn2)CC1)Nc1ccc(F)cc1. The van der Waals surface area contributed by atoms with Gasteiger partial charge in [-0.2, -0.15) is 0 Å². The minimum atomic E-state index is -0.348. The average Bonchev–Trinajstić information content (AvgIpc) is 2.64. The normalized spacial score (nSPS) is 14.9. The number of hydrogen-bond donors (Lipinski definition) is 1. The third kappa shape index (κ3) is 4.77. The summed E-state index contributed by atoms with van der Waals surface area (Å²) in [4.78, 5) is 32.2. The maximum absolute atomic E-state index is 12.9. The van der Waals surface area contributed by atoms with Crippen LogP contribution in [0.3, 0.4) is 0 Å². The first-order chi connectivity index (χ1) is 12.5. The molecule has 0 radical (unpaired) electrons. The van der Waals surface area contributed by atoms with E-state index in [0.717, 1.165) is 0 Å². The molecule has 0 spiro atoms. The first kappa shape index (κ1) is 18.3. The molecular weight excluding hydrogens is 359 g/mol. The van der Waals surface area contributed by atoms with Crippen molar-refractivity contribution in [3.8, 4) is 0 Å². The summed E-state index contributed by atoms with van der Waals surface area (Å²) in [6.45, 7) is 2.45. The minimum Gasteiger partial charge on any atom is -0.335 e. The molecule has 0 unspecified atom stereocenters. The maximum atomic E-state index is 12.9. The fourth-order valence-electron chi connectivity index (χ4n) is 2.71. The highest BCUT2D eigenvalue weighted by Gasteiger charge is 2.24. The molecule has 2 aromatic rings. The van der Waals surface area contributed by atoms with Crippen LogP contribution in [0, 0.1) is 5.82 Å². The second-order valence-corrected chi connectivity index (χ2v) is 6.42. The van der Waals surface area contributed by atoms with E-state index in [4.69, 9.17) is 11.6 Å². The first-order valence-corrected chi connectivity index (χ1v) is 8.58. The molecule has 0 saturated carbocycles. The summed E-state index contributed by atoms with van der Waals surface area (Å²) in [5, 5.41) is 3.22. The predicted molar refractivity (Wildman–Crippen MR) is 96.6 cm³/mol. The number of nitrogens with one attached hydrogen (secondary N) is 1. The van der Waals surface area contributed by atoms with Gasteiger partial charge in [-0.25, -0.2) is 9.37 Å². The van der Waals surface area contributed by atoms with Crippen molar-refractivity contribution in [3.05, 3.63) is 59.1 Å². The smallest absolute Gasteiger partial charge is 0.272 e. The molecule has 1 aromatic carbocycles. The number of amides is 2. The van der Waals surface area contributed by atoms with Crippen LogP contribution in [0.1, 0.15) is 10.5 Å². The highest BCUT2D eigenvalue weighted by atomic mass is 35.5. The molecule has 6 nitrogen and oxygen atoms in total. The monoisotopic (exact) mass is 376 g/mol. The Morgan fingerprint density at radius 3 is 2.38 bits per heavy atom. The van der Waals surface area contributed by atoms with E-state index < -0.39 is 0 Å². The zero-order chi connectivity index (χ0) is 18.5. The number of carbonyl (C=O) groups excluding carboxylic acids is 2. The van der Waals surface area contributed by atoms with Gasteiger partial charge < -0.3 is 10.2 Å². The minimum absolute atomic E-state index is 0.142. The number of aromatic nitrogens is 1. The molecule has 136 valence electrons. The van der Waals surface area contributed by atoms with E-state index in [1.807, 2.05) is 4.90 Å². The first-order valence-electron chi connectivity index (χ1n) is 8.20. The molecule has 1 N–H and O–H groups in total. The van der Waals surface area contributed by atoms with Gasteiger partial charge in [0.1, 0.15) is 11.5 Å². The van der Waals surface area contributed by atoms with Gasteiger partial charge in [0.2, 0.25) is 5.91 Å². The van der Waals surface area contributed by atoms with Gasteiger partial charge in [0.05, 0.1) is 11.6 Å². The summed E-state index contributed by atoms with van der Waals surface area (Å²) in [5.41, 5.74) is 0.913. The van der Waals surface area contributed by atoms with Gasteiger partial charge in [-0.3, -0.25) is 14.5 Å². The average molecular weight is 377 g/mol. The van der Waals surface area contributed by atoms with E-state index in [9.17, 15) is 14.0 Å². The molecular formula is C18H18ClFN4O2. The second kappa shape index (κ2) is 8.25. The van der Waals surface area contributed by atoms with Crippen LogP contribution in [0.2, 0.25) is 5.02 Å². The molecule has 0 atom stereocenters. The van der Waals surface area contributed by atoms with Crippen molar-refractivity contribution in [2.75, 3.05) is 38.0 Å². The lowest BCUT2D eigenvalue weighted by molar-refractivity contribution is -0.117. The van der Waals surface area contributed by atoms with Gasteiger partial charge in [0.25, 0.3) is 5.91 Å².